The van der Waals surface area contributed by atoms with Gasteiger partial charge in [-0.25, -0.2) is 0 Å². The number of rotatable bonds is 2. The van der Waals surface area contributed by atoms with Crippen LogP contribution in [0.15, 0.2) is 60.2 Å². The first-order valence-electron chi connectivity index (χ1n) is 11.4. The molecular weight excluding hydrogens is 370 g/mol. The molecule has 2 heterocycles. The van der Waals surface area contributed by atoms with E-state index < -0.39 is 0 Å². The number of carbonyl (C=O) groups excluding carboxylic acids is 1. The third-order valence-corrected chi connectivity index (χ3v) is 7.93. The maximum atomic E-state index is 12.9. The van der Waals surface area contributed by atoms with E-state index in [2.05, 4.69) is 63.6 Å². The quantitative estimate of drug-likeness (QED) is 0.830. The topological polar surface area (TPSA) is 35.6 Å². The van der Waals surface area contributed by atoms with Gasteiger partial charge in [0, 0.05) is 24.8 Å². The summed E-state index contributed by atoms with van der Waals surface area (Å²) in [6, 6.07) is 20.0. The number of carbonyl (C=O) groups is 1. The number of benzene rings is 2. The average Bonchev–Trinajstić information content (AvgIpc) is 3.37. The molecule has 1 amide bonds. The first-order valence-corrected chi connectivity index (χ1v) is 11.4. The molecule has 30 heavy (non-hydrogen) atoms. The Bertz CT molecular complexity index is 1000. The summed E-state index contributed by atoms with van der Waals surface area (Å²) in [5, 5.41) is 3.12. The molecule has 2 fully saturated rings. The zero-order valence-electron chi connectivity index (χ0n) is 17.4. The molecule has 1 N–H and O–H groups in total. The average molecular weight is 400 g/mol. The van der Waals surface area contributed by atoms with Gasteiger partial charge in [0.25, 0.3) is 0 Å². The smallest absolute Gasteiger partial charge is 0.247 e. The van der Waals surface area contributed by atoms with Gasteiger partial charge in [-0.1, -0.05) is 48.0 Å². The molecule has 2 aliphatic heterocycles. The second-order valence-corrected chi connectivity index (χ2v) is 9.30. The van der Waals surface area contributed by atoms with Gasteiger partial charge < -0.3 is 10.2 Å². The second kappa shape index (κ2) is 6.98. The van der Waals surface area contributed by atoms with E-state index >= 15 is 0 Å². The highest BCUT2D eigenvalue weighted by atomic mass is 16.2. The fourth-order valence-electron chi connectivity index (χ4n) is 6.28. The Morgan fingerprint density at radius 3 is 2.50 bits per heavy atom. The van der Waals surface area contributed by atoms with Crippen LogP contribution in [0.25, 0.3) is 5.57 Å². The summed E-state index contributed by atoms with van der Waals surface area (Å²) in [5.74, 6) is 0.212. The van der Waals surface area contributed by atoms with Crippen LogP contribution in [0.4, 0.5) is 5.69 Å². The molecule has 0 aromatic heterocycles. The van der Waals surface area contributed by atoms with Gasteiger partial charge in [-0.05, 0) is 67.4 Å². The largest absolute Gasteiger partial charge is 0.339 e. The van der Waals surface area contributed by atoms with Gasteiger partial charge in [0.1, 0.15) is 5.54 Å². The van der Waals surface area contributed by atoms with Crippen molar-refractivity contribution in [3.63, 3.8) is 0 Å². The number of nitrogens with zero attached hydrogens (tertiary/aromatic N) is 2. The lowest BCUT2D eigenvalue weighted by atomic mass is 9.85. The van der Waals surface area contributed by atoms with E-state index in [-0.39, 0.29) is 11.4 Å². The molecule has 2 saturated heterocycles. The summed E-state index contributed by atoms with van der Waals surface area (Å²) in [5.41, 5.74) is 7.10. The third kappa shape index (κ3) is 2.73. The van der Waals surface area contributed by atoms with Crippen molar-refractivity contribution in [3.05, 3.63) is 71.3 Å². The number of piperidine rings is 1. The minimum Gasteiger partial charge on any atom is -0.339 e. The van der Waals surface area contributed by atoms with Crippen LogP contribution >= 0.6 is 0 Å². The van der Waals surface area contributed by atoms with Gasteiger partial charge in [-0.15, -0.1) is 0 Å². The van der Waals surface area contributed by atoms with Crippen molar-refractivity contribution in [1.82, 2.24) is 10.2 Å². The Morgan fingerprint density at radius 2 is 1.67 bits per heavy atom. The highest BCUT2D eigenvalue weighted by molar-refractivity contribution is 5.93. The summed E-state index contributed by atoms with van der Waals surface area (Å²) < 4.78 is 0. The maximum Gasteiger partial charge on any atom is 0.247 e. The fourth-order valence-corrected chi connectivity index (χ4v) is 6.28. The normalized spacial score (nSPS) is 25.4. The number of nitrogens with one attached hydrogen (secondary N) is 1. The molecule has 2 aliphatic carbocycles. The maximum absolute atomic E-state index is 12.9. The minimum absolute atomic E-state index is 0.212. The molecule has 1 atom stereocenters. The molecule has 1 unspecified atom stereocenters. The molecule has 2 aromatic carbocycles. The van der Waals surface area contributed by atoms with E-state index in [1.807, 2.05) is 6.07 Å². The fraction of sp³-hybridized carbons (Fsp3) is 0.423. The van der Waals surface area contributed by atoms with Gasteiger partial charge >= 0.3 is 0 Å². The van der Waals surface area contributed by atoms with Gasteiger partial charge in [-0.2, -0.15) is 0 Å². The molecular formula is C26H29N3O. The van der Waals surface area contributed by atoms with Crippen molar-refractivity contribution in [3.8, 4) is 0 Å². The molecule has 6 rings (SSSR count). The van der Waals surface area contributed by atoms with Gasteiger partial charge in [0.2, 0.25) is 5.91 Å². The Kier molecular flexibility index (Phi) is 4.24. The van der Waals surface area contributed by atoms with Crippen LogP contribution in [-0.4, -0.2) is 42.1 Å². The van der Waals surface area contributed by atoms with Crippen LogP contribution in [0.1, 0.15) is 43.2 Å². The first kappa shape index (κ1) is 18.2. The summed E-state index contributed by atoms with van der Waals surface area (Å²) in [6.07, 6.45) is 6.62. The van der Waals surface area contributed by atoms with Crippen LogP contribution < -0.4 is 10.2 Å². The van der Waals surface area contributed by atoms with Crippen LogP contribution in [0, 0.1) is 0 Å². The lowest BCUT2D eigenvalue weighted by molar-refractivity contribution is -0.125. The lowest BCUT2D eigenvalue weighted by Crippen LogP contribution is -2.57. The molecule has 4 heteroatoms. The number of fused-ring (bicyclic) bond motifs is 2. The first-order chi connectivity index (χ1) is 14.7. The monoisotopic (exact) mass is 399 g/mol. The van der Waals surface area contributed by atoms with E-state index in [9.17, 15) is 4.79 Å². The van der Waals surface area contributed by atoms with Crippen LogP contribution in [0.5, 0.6) is 0 Å². The molecule has 1 spiro atoms. The Labute approximate surface area is 178 Å². The van der Waals surface area contributed by atoms with Gasteiger partial charge in [-0.3, -0.25) is 9.69 Å². The van der Waals surface area contributed by atoms with Crippen molar-refractivity contribution in [2.75, 3.05) is 24.7 Å². The zero-order chi connectivity index (χ0) is 20.1. The Morgan fingerprint density at radius 1 is 0.900 bits per heavy atom. The van der Waals surface area contributed by atoms with Gasteiger partial charge in [0.15, 0.2) is 0 Å². The summed E-state index contributed by atoms with van der Waals surface area (Å²) in [7, 11) is 0. The van der Waals surface area contributed by atoms with E-state index in [4.69, 9.17) is 0 Å². The molecule has 0 radical (unpaired) electrons. The summed E-state index contributed by atoms with van der Waals surface area (Å²) in [6.45, 7) is 2.63. The standard InChI is InChI=1S/C26H29N3O/c30-25-26(29(18-27-25)21-7-2-1-3-8-21)12-14-28(15-13-26)22-16-20-11-10-19-6-4-5-9-23(19)24(20)17-22/h1-9,22H,10-18H2,(H,27,30). The number of hydrogen-bond donors (Lipinski definition) is 1. The second-order valence-electron chi connectivity index (χ2n) is 9.30. The van der Waals surface area contributed by atoms with E-state index in [0.717, 1.165) is 31.6 Å². The van der Waals surface area contributed by atoms with E-state index in [1.54, 1.807) is 11.1 Å². The Hall–Kier alpha value is -2.59. The summed E-state index contributed by atoms with van der Waals surface area (Å²) in [4.78, 5) is 17.9. The van der Waals surface area contributed by atoms with Crippen molar-refractivity contribution < 1.29 is 4.79 Å². The van der Waals surface area contributed by atoms with Crippen LogP contribution in [0.2, 0.25) is 0 Å². The molecule has 2 aromatic rings. The number of likely N-dealkylation sites (tertiary alicyclic amines) is 1. The number of amides is 1. The van der Waals surface area contributed by atoms with Crippen molar-refractivity contribution in [2.24, 2.45) is 0 Å². The van der Waals surface area contributed by atoms with E-state index in [0.29, 0.717) is 12.7 Å². The number of hydrogen-bond acceptors (Lipinski definition) is 3. The highest BCUT2D eigenvalue weighted by Crippen LogP contribution is 2.45. The predicted octanol–water partition coefficient (Wildman–Crippen LogP) is 3.98. The molecule has 154 valence electrons. The molecule has 4 nitrogen and oxygen atoms in total. The van der Waals surface area contributed by atoms with Crippen molar-refractivity contribution in [1.29, 1.82) is 0 Å². The lowest BCUT2D eigenvalue weighted by Gasteiger charge is -2.45. The third-order valence-electron chi connectivity index (χ3n) is 7.93. The predicted molar refractivity (Wildman–Crippen MR) is 120 cm³/mol. The SMILES string of the molecule is O=C1NCN(c2ccccc2)C12CCN(C1CC3=C(C1)c1ccccc1CC3)CC2. The highest BCUT2D eigenvalue weighted by Gasteiger charge is 2.51. The molecule has 4 aliphatic rings. The van der Waals surface area contributed by atoms with Gasteiger partial charge in [0.05, 0.1) is 6.67 Å². The zero-order valence-corrected chi connectivity index (χ0v) is 17.4. The van der Waals surface area contributed by atoms with Crippen LogP contribution in [-0.2, 0) is 11.2 Å². The number of anilines is 1. The van der Waals surface area contributed by atoms with E-state index in [1.165, 1.54) is 36.8 Å². The number of aryl methyl sites for hydroxylation is 1. The molecule has 0 bridgehead atoms. The number of para-hydroxylation sites is 1. The summed E-state index contributed by atoms with van der Waals surface area (Å²) >= 11 is 0. The van der Waals surface area contributed by atoms with Crippen molar-refractivity contribution >= 4 is 17.2 Å². The van der Waals surface area contributed by atoms with Crippen molar-refractivity contribution in [2.45, 2.75) is 50.1 Å². The Balaban J connectivity index is 1.18. The minimum atomic E-state index is -0.379. The van der Waals surface area contributed by atoms with Crippen LogP contribution in [0.3, 0.4) is 0 Å². The molecule has 0 saturated carbocycles.